The number of aliphatic hydroxyl groups is 1. The van der Waals surface area contributed by atoms with Crippen LogP contribution in [0.3, 0.4) is 0 Å². The first-order valence-corrected chi connectivity index (χ1v) is 7.21. The van der Waals surface area contributed by atoms with E-state index in [1.807, 2.05) is 31.4 Å². The van der Waals surface area contributed by atoms with Crippen LogP contribution in [0.1, 0.15) is 25.2 Å². The zero-order valence-corrected chi connectivity index (χ0v) is 13.0. The van der Waals surface area contributed by atoms with Crippen LogP contribution in [0.15, 0.2) is 24.3 Å². The number of aryl methyl sites for hydroxylation is 1. The molecule has 116 valence electrons. The molecule has 6 nitrogen and oxygen atoms in total. The third-order valence-electron chi connectivity index (χ3n) is 3.20. The standard InChI is InChI=1S/C16H20N4O2/c1-11(2)22-10-15(21)9-20-12(3)18-19-16(20)14-6-4-5-13(7-14)8-17/h4-7,11,15,21H,9-10H2,1-3H3. The second-order valence-electron chi connectivity index (χ2n) is 5.41. The SMILES string of the molecule is Cc1nnc(-c2cccc(C#N)c2)n1CC(O)COC(C)C. The van der Waals surface area contributed by atoms with Crippen molar-refractivity contribution in [2.45, 2.75) is 39.5 Å². The van der Waals surface area contributed by atoms with E-state index in [-0.39, 0.29) is 12.7 Å². The van der Waals surface area contributed by atoms with E-state index < -0.39 is 6.10 Å². The van der Waals surface area contributed by atoms with Gasteiger partial charge in [-0.05, 0) is 32.9 Å². The second kappa shape index (κ2) is 7.16. The Labute approximate surface area is 130 Å². The minimum absolute atomic E-state index is 0.0726. The Morgan fingerprint density at radius 2 is 2.14 bits per heavy atom. The normalized spacial score (nSPS) is 12.4. The highest BCUT2D eigenvalue weighted by Gasteiger charge is 2.15. The minimum atomic E-state index is -0.644. The molecule has 0 radical (unpaired) electrons. The molecule has 1 atom stereocenters. The zero-order chi connectivity index (χ0) is 16.1. The highest BCUT2D eigenvalue weighted by Crippen LogP contribution is 2.20. The molecule has 6 heteroatoms. The van der Waals surface area contributed by atoms with Gasteiger partial charge in [-0.2, -0.15) is 5.26 Å². The van der Waals surface area contributed by atoms with E-state index in [0.29, 0.717) is 23.8 Å². The first kappa shape index (κ1) is 16.1. The summed E-state index contributed by atoms with van der Waals surface area (Å²) in [6.07, 6.45) is -0.571. The van der Waals surface area contributed by atoms with Crippen LogP contribution in [0.5, 0.6) is 0 Å². The van der Waals surface area contributed by atoms with Gasteiger partial charge in [-0.15, -0.1) is 10.2 Å². The molecule has 0 saturated carbocycles. The van der Waals surface area contributed by atoms with Crippen molar-refractivity contribution in [2.24, 2.45) is 0 Å². The molecule has 0 spiro atoms. The summed E-state index contributed by atoms with van der Waals surface area (Å²) in [4.78, 5) is 0. The fourth-order valence-electron chi connectivity index (χ4n) is 2.11. The van der Waals surface area contributed by atoms with E-state index in [9.17, 15) is 5.11 Å². The van der Waals surface area contributed by atoms with Crippen LogP contribution >= 0.6 is 0 Å². The molecule has 0 bridgehead atoms. The number of hydrogen-bond donors (Lipinski definition) is 1. The maximum atomic E-state index is 10.1. The molecule has 0 aliphatic heterocycles. The number of benzene rings is 1. The van der Waals surface area contributed by atoms with Crippen LogP contribution in [0.25, 0.3) is 11.4 Å². The maximum absolute atomic E-state index is 10.1. The highest BCUT2D eigenvalue weighted by atomic mass is 16.5. The fraction of sp³-hybridized carbons (Fsp3) is 0.438. The molecule has 1 unspecified atom stereocenters. The number of rotatable bonds is 6. The highest BCUT2D eigenvalue weighted by molar-refractivity contribution is 5.58. The molecule has 1 N–H and O–H groups in total. The lowest BCUT2D eigenvalue weighted by Crippen LogP contribution is -2.24. The molecule has 0 aliphatic rings. The van der Waals surface area contributed by atoms with Crippen LogP contribution in [0.2, 0.25) is 0 Å². The first-order chi connectivity index (χ1) is 10.5. The van der Waals surface area contributed by atoms with Crippen molar-refractivity contribution in [3.05, 3.63) is 35.7 Å². The molecule has 0 amide bonds. The molecule has 0 fully saturated rings. The number of aromatic nitrogens is 3. The summed E-state index contributed by atoms with van der Waals surface area (Å²) >= 11 is 0. The summed E-state index contributed by atoms with van der Waals surface area (Å²) in [6, 6.07) is 9.29. The van der Waals surface area contributed by atoms with Gasteiger partial charge in [0.1, 0.15) is 5.82 Å². The van der Waals surface area contributed by atoms with E-state index in [0.717, 1.165) is 5.56 Å². The number of hydrogen-bond acceptors (Lipinski definition) is 5. The summed E-state index contributed by atoms with van der Waals surface area (Å²) in [5.74, 6) is 1.35. The number of ether oxygens (including phenoxy) is 1. The number of aliphatic hydroxyl groups excluding tert-OH is 1. The van der Waals surface area contributed by atoms with Crippen molar-refractivity contribution >= 4 is 0 Å². The molecular weight excluding hydrogens is 280 g/mol. The molecule has 22 heavy (non-hydrogen) atoms. The Bertz CT molecular complexity index is 673. The minimum Gasteiger partial charge on any atom is -0.389 e. The Morgan fingerprint density at radius 3 is 2.82 bits per heavy atom. The summed E-state index contributed by atoms with van der Waals surface area (Å²) < 4.78 is 7.27. The smallest absolute Gasteiger partial charge is 0.164 e. The Balaban J connectivity index is 2.22. The topological polar surface area (TPSA) is 84.0 Å². The van der Waals surface area contributed by atoms with E-state index in [1.165, 1.54) is 0 Å². The summed E-state index contributed by atoms with van der Waals surface area (Å²) in [6.45, 7) is 6.29. The largest absolute Gasteiger partial charge is 0.389 e. The average molecular weight is 300 g/mol. The first-order valence-electron chi connectivity index (χ1n) is 7.21. The molecule has 2 aromatic rings. The van der Waals surface area contributed by atoms with Crippen molar-refractivity contribution < 1.29 is 9.84 Å². The second-order valence-corrected chi connectivity index (χ2v) is 5.41. The van der Waals surface area contributed by atoms with Crippen LogP contribution in [0, 0.1) is 18.3 Å². The Morgan fingerprint density at radius 1 is 1.36 bits per heavy atom. The summed E-state index contributed by atoms with van der Waals surface area (Å²) in [5.41, 5.74) is 1.37. The summed E-state index contributed by atoms with van der Waals surface area (Å²) in [5, 5.41) is 27.4. The van der Waals surface area contributed by atoms with E-state index in [1.54, 1.807) is 18.2 Å². The van der Waals surface area contributed by atoms with Gasteiger partial charge in [-0.1, -0.05) is 12.1 Å². The predicted octanol–water partition coefficient (Wildman–Crippen LogP) is 1.91. The maximum Gasteiger partial charge on any atom is 0.164 e. The van der Waals surface area contributed by atoms with Gasteiger partial charge in [0.05, 0.1) is 37.0 Å². The molecule has 2 rings (SSSR count). The molecule has 1 heterocycles. The zero-order valence-electron chi connectivity index (χ0n) is 13.0. The van der Waals surface area contributed by atoms with Gasteiger partial charge in [-0.3, -0.25) is 0 Å². The molecule has 0 saturated heterocycles. The molecule has 0 aliphatic carbocycles. The van der Waals surface area contributed by atoms with E-state index in [2.05, 4.69) is 16.3 Å². The van der Waals surface area contributed by atoms with Crippen molar-refractivity contribution in [1.82, 2.24) is 14.8 Å². The monoisotopic (exact) mass is 300 g/mol. The quantitative estimate of drug-likeness (QED) is 0.881. The van der Waals surface area contributed by atoms with E-state index in [4.69, 9.17) is 10.00 Å². The van der Waals surface area contributed by atoms with Gasteiger partial charge in [-0.25, -0.2) is 0 Å². The Kier molecular flexibility index (Phi) is 5.26. The molecule has 1 aromatic heterocycles. The lowest BCUT2D eigenvalue weighted by atomic mass is 10.1. The fourth-order valence-corrected chi connectivity index (χ4v) is 2.11. The van der Waals surface area contributed by atoms with Gasteiger partial charge < -0.3 is 14.4 Å². The van der Waals surface area contributed by atoms with Crippen molar-refractivity contribution in [1.29, 1.82) is 5.26 Å². The van der Waals surface area contributed by atoms with Gasteiger partial charge in [0.25, 0.3) is 0 Å². The lowest BCUT2D eigenvalue weighted by Gasteiger charge is -2.16. The van der Waals surface area contributed by atoms with Gasteiger partial charge in [0.2, 0.25) is 0 Å². The Hall–Kier alpha value is -2.23. The third kappa shape index (κ3) is 3.91. The van der Waals surface area contributed by atoms with Gasteiger partial charge in [0.15, 0.2) is 5.82 Å². The van der Waals surface area contributed by atoms with Gasteiger partial charge in [0, 0.05) is 5.56 Å². The number of nitriles is 1. The average Bonchev–Trinajstić information content (AvgIpc) is 2.86. The predicted molar refractivity (Wildman–Crippen MR) is 82.0 cm³/mol. The van der Waals surface area contributed by atoms with Crippen LogP contribution in [-0.4, -0.2) is 38.7 Å². The van der Waals surface area contributed by atoms with Crippen molar-refractivity contribution in [3.8, 4) is 17.5 Å². The van der Waals surface area contributed by atoms with E-state index >= 15 is 0 Å². The lowest BCUT2D eigenvalue weighted by molar-refractivity contribution is -0.000761. The van der Waals surface area contributed by atoms with Crippen LogP contribution in [-0.2, 0) is 11.3 Å². The number of nitrogens with zero attached hydrogens (tertiary/aromatic N) is 4. The molecular formula is C16H20N4O2. The van der Waals surface area contributed by atoms with Crippen LogP contribution < -0.4 is 0 Å². The van der Waals surface area contributed by atoms with Crippen molar-refractivity contribution in [3.63, 3.8) is 0 Å². The molecule has 1 aromatic carbocycles. The van der Waals surface area contributed by atoms with Crippen LogP contribution in [0.4, 0.5) is 0 Å². The summed E-state index contributed by atoms with van der Waals surface area (Å²) in [7, 11) is 0. The third-order valence-corrected chi connectivity index (χ3v) is 3.20. The van der Waals surface area contributed by atoms with Crippen molar-refractivity contribution in [2.75, 3.05) is 6.61 Å². The van der Waals surface area contributed by atoms with Gasteiger partial charge >= 0.3 is 0 Å².